The maximum atomic E-state index is 6.07. The van der Waals surface area contributed by atoms with Gasteiger partial charge in [0.15, 0.2) is 0 Å². The first kappa shape index (κ1) is 11.1. The van der Waals surface area contributed by atoms with Crippen LogP contribution in [0.5, 0.6) is 0 Å². The molecule has 2 N–H and O–H groups in total. The molecule has 0 radical (unpaired) electrons. The lowest BCUT2D eigenvalue weighted by Gasteiger charge is -2.25. The summed E-state index contributed by atoms with van der Waals surface area (Å²) < 4.78 is 0. The van der Waals surface area contributed by atoms with Crippen LogP contribution in [0, 0.1) is 0 Å². The molecular formula is C14H18N2. The molecule has 2 atom stereocenters. The van der Waals surface area contributed by atoms with E-state index in [1.807, 2.05) is 12.3 Å². The number of rotatable bonds is 2. The minimum absolute atomic E-state index is 0.0172. The van der Waals surface area contributed by atoms with Gasteiger partial charge in [0, 0.05) is 6.21 Å². The van der Waals surface area contributed by atoms with Crippen LogP contribution in [0.1, 0.15) is 25.8 Å². The van der Waals surface area contributed by atoms with Crippen molar-refractivity contribution in [2.45, 2.75) is 32.4 Å². The lowest BCUT2D eigenvalue weighted by molar-refractivity contribution is 0.839. The van der Waals surface area contributed by atoms with Crippen molar-refractivity contribution in [3.8, 4) is 0 Å². The Morgan fingerprint density at radius 3 is 2.56 bits per heavy atom. The van der Waals surface area contributed by atoms with Gasteiger partial charge in [0.05, 0.1) is 12.1 Å². The van der Waals surface area contributed by atoms with Crippen LogP contribution in [0.15, 0.2) is 40.9 Å². The molecule has 84 valence electrons. The molecule has 0 bridgehead atoms. The van der Waals surface area contributed by atoms with Crippen molar-refractivity contribution in [1.29, 1.82) is 0 Å². The summed E-state index contributed by atoms with van der Waals surface area (Å²) in [5.74, 6) is 0. The van der Waals surface area contributed by atoms with Crippen LogP contribution >= 0.6 is 0 Å². The van der Waals surface area contributed by atoms with Gasteiger partial charge in [-0.05, 0) is 30.1 Å². The molecule has 0 saturated carbocycles. The van der Waals surface area contributed by atoms with Crippen molar-refractivity contribution < 1.29 is 0 Å². The van der Waals surface area contributed by atoms with Gasteiger partial charge in [0.25, 0.3) is 0 Å². The van der Waals surface area contributed by atoms with E-state index in [1.165, 1.54) is 16.7 Å². The zero-order chi connectivity index (χ0) is 11.5. The van der Waals surface area contributed by atoms with Gasteiger partial charge in [-0.25, -0.2) is 0 Å². The largest absolute Gasteiger partial charge is 0.320 e. The highest BCUT2D eigenvalue weighted by Crippen LogP contribution is 2.29. The molecule has 0 amide bonds. The molecule has 0 spiro atoms. The summed E-state index contributed by atoms with van der Waals surface area (Å²) in [5, 5.41) is 0. The summed E-state index contributed by atoms with van der Waals surface area (Å²) in [7, 11) is 0. The molecule has 0 saturated heterocycles. The fourth-order valence-electron chi connectivity index (χ4n) is 2.30. The van der Waals surface area contributed by atoms with Gasteiger partial charge in [-0.1, -0.05) is 37.3 Å². The molecule has 0 aromatic heterocycles. The van der Waals surface area contributed by atoms with E-state index in [0.29, 0.717) is 0 Å². The first-order chi connectivity index (χ1) is 7.74. The molecule has 1 aromatic carbocycles. The lowest BCUT2D eigenvalue weighted by Crippen LogP contribution is -2.30. The number of hydrogen-bond acceptors (Lipinski definition) is 2. The minimum Gasteiger partial charge on any atom is -0.320 e. The topological polar surface area (TPSA) is 38.4 Å². The quantitative estimate of drug-likeness (QED) is 0.807. The van der Waals surface area contributed by atoms with E-state index in [0.717, 1.165) is 6.42 Å². The number of nitrogens with two attached hydrogens (primary N) is 1. The zero-order valence-corrected chi connectivity index (χ0v) is 9.85. The van der Waals surface area contributed by atoms with E-state index in [4.69, 9.17) is 5.73 Å². The molecule has 1 heterocycles. The Balaban J connectivity index is 2.50. The Morgan fingerprint density at radius 2 is 1.94 bits per heavy atom. The van der Waals surface area contributed by atoms with Crippen LogP contribution in [0.2, 0.25) is 0 Å². The third kappa shape index (κ3) is 1.93. The fraction of sp³-hybridized carbons (Fsp3) is 0.357. The highest BCUT2D eigenvalue weighted by Gasteiger charge is 2.21. The summed E-state index contributed by atoms with van der Waals surface area (Å²) in [6.07, 6.45) is 2.86. The zero-order valence-electron chi connectivity index (χ0n) is 9.85. The number of nitrogens with zero attached hydrogens (tertiary/aromatic N) is 1. The average Bonchev–Trinajstić information content (AvgIpc) is 2.33. The van der Waals surface area contributed by atoms with Crippen LogP contribution < -0.4 is 5.73 Å². The summed E-state index contributed by atoms with van der Waals surface area (Å²) in [5.41, 5.74) is 9.94. The van der Waals surface area contributed by atoms with Gasteiger partial charge in [0.2, 0.25) is 0 Å². The number of aliphatic imine (C=N–C) groups is 1. The van der Waals surface area contributed by atoms with E-state index in [9.17, 15) is 0 Å². The predicted octanol–water partition coefficient (Wildman–Crippen LogP) is 2.65. The molecule has 1 aliphatic heterocycles. The Hall–Kier alpha value is -1.41. The summed E-state index contributed by atoms with van der Waals surface area (Å²) in [4.78, 5) is 4.46. The van der Waals surface area contributed by atoms with E-state index in [-0.39, 0.29) is 12.1 Å². The van der Waals surface area contributed by atoms with Crippen LogP contribution in [-0.4, -0.2) is 18.3 Å². The second kappa shape index (κ2) is 4.62. The van der Waals surface area contributed by atoms with Gasteiger partial charge in [0.1, 0.15) is 0 Å². The molecule has 2 heteroatoms. The highest BCUT2D eigenvalue weighted by atomic mass is 14.8. The summed E-state index contributed by atoms with van der Waals surface area (Å²) in [6, 6.07) is 10.6. The molecule has 2 rings (SSSR count). The van der Waals surface area contributed by atoms with E-state index in [1.54, 1.807) is 0 Å². The number of dihydropyridines is 1. The Morgan fingerprint density at radius 1 is 1.25 bits per heavy atom. The van der Waals surface area contributed by atoms with Crippen molar-refractivity contribution in [3.63, 3.8) is 0 Å². The fourth-order valence-corrected chi connectivity index (χ4v) is 2.30. The van der Waals surface area contributed by atoms with Crippen molar-refractivity contribution >= 4 is 11.8 Å². The second-order valence-corrected chi connectivity index (χ2v) is 4.16. The summed E-state index contributed by atoms with van der Waals surface area (Å²) >= 11 is 0. The molecular weight excluding hydrogens is 196 g/mol. The molecule has 1 aromatic rings. The average molecular weight is 214 g/mol. The maximum absolute atomic E-state index is 6.07. The normalized spacial score (nSPS) is 24.9. The third-order valence-electron chi connectivity index (χ3n) is 3.10. The van der Waals surface area contributed by atoms with E-state index in [2.05, 4.69) is 43.1 Å². The monoisotopic (exact) mass is 214 g/mol. The smallest absolute Gasteiger partial charge is 0.0723 e. The Kier molecular flexibility index (Phi) is 3.20. The van der Waals surface area contributed by atoms with Gasteiger partial charge < -0.3 is 5.73 Å². The lowest BCUT2D eigenvalue weighted by atomic mass is 9.88. The molecule has 0 aliphatic carbocycles. The van der Waals surface area contributed by atoms with Gasteiger partial charge in [-0.15, -0.1) is 0 Å². The molecule has 1 aliphatic rings. The van der Waals surface area contributed by atoms with E-state index >= 15 is 0 Å². The van der Waals surface area contributed by atoms with Crippen molar-refractivity contribution in [2.75, 3.05) is 0 Å². The SMILES string of the molecule is CCC1=C(c2ccccc2)C(C)N=CC1N. The van der Waals surface area contributed by atoms with Gasteiger partial charge in [-0.2, -0.15) is 0 Å². The van der Waals surface area contributed by atoms with Crippen LogP contribution in [0.25, 0.3) is 5.57 Å². The molecule has 2 nitrogen and oxygen atoms in total. The molecule has 2 unspecified atom stereocenters. The third-order valence-corrected chi connectivity index (χ3v) is 3.10. The first-order valence-electron chi connectivity index (χ1n) is 5.81. The summed E-state index contributed by atoms with van der Waals surface area (Å²) in [6.45, 7) is 4.28. The van der Waals surface area contributed by atoms with Crippen molar-refractivity contribution in [3.05, 3.63) is 41.5 Å². The van der Waals surface area contributed by atoms with Gasteiger partial charge >= 0.3 is 0 Å². The maximum Gasteiger partial charge on any atom is 0.0723 e. The molecule has 0 fully saturated rings. The second-order valence-electron chi connectivity index (χ2n) is 4.16. The Bertz CT molecular complexity index is 418. The minimum atomic E-state index is -0.0172. The van der Waals surface area contributed by atoms with Crippen molar-refractivity contribution in [1.82, 2.24) is 0 Å². The number of benzene rings is 1. The van der Waals surface area contributed by atoms with Crippen LogP contribution in [-0.2, 0) is 0 Å². The Labute approximate surface area is 96.9 Å². The highest BCUT2D eigenvalue weighted by molar-refractivity contribution is 5.84. The molecule has 16 heavy (non-hydrogen) atoms. The van der Waals surface area contributed by atoms with E-state index < -0.39 is 0 Å². The van der Waals surface area contributed by atoms with Crippen molar-refractivity contribution in [2.24, 2.45) is 10.7 Å². The van der Waals surface area contributed by atoms with Crippen LogP contribution in [0.3, 0.4) is 0 Å². The predicted molar refractivity (Wildman–Crippen MR) is 69.6 cm³/mol. The standard InChI is InChI=1S/C14H18N2/c1-3-12-13(15)9-16-10(2)14(12)11-7-5-4-6-8-11/h4-10,13H,3,15H2,1-2H3. The van der Waals surface area contributed by atoms with Gasteiger partial charge in [-0.3, -0.25) is 4.99 Å². The first-order valence-corrected chi connectivity index (χ1v) is 5.81. The number of hydrogen-bond donors (Lipinski definition) is 1. The van der Waals surface area contributed by atoms with Crippen LogP contribution in [0.4, 0.5) is 0 Å².